The van der Waals surface area contributed by atoms with Crippen LogP contribution in [0.5, 0.6) is 0 Å². The topological polar surface area (TPSA) is 76.3 Å². The summed E-state index contributed by atoms with van der Waals surface area (Å²) in [4.78, 5) is 4.53. The molecule has 0 spiro atoms. The van der Waals surface area contributed by atoms with Gasteiger partial charge in [-0.05, 0) is 32.0 Å². The van der Waals surface area contributed by atoms with Crippen LogP contribution in [-0.4, -0.2) is 29.9 Å². The summed E-state index contributed by atoms with van der Waals surface area (Å²) in [7, 11) is -2.12. The quantitative estimate of drug-likeness (QED) is 0.701. The van der Waals surface area contributed by atoms with E-state index in [9.17, 15) is 8.42 Å². The molecule has 3 rings (SSSR count). The fourth-order valence-electron chi connectivity index (χ4n) is 2.39. The molecule has 2 aromatic carbocycles. The number of aromatic nitrogens is 2. The summed E-state index contributed by atoms with van der Waals surface area (Å²) in [5.41, 5.74) is 2.92. The van der Waals surface area contributed by atoms with Crippen LogP contribution in [0.15, 0.2) is 57.9 Å². The predicted octanol–water partition coefficient (Wildman–Crippen LogP) is 3.17. The smallest absolute Gasteiger partial charge is 0.243 e. The van der Waals surface area contributed by atoms with Crippen LogP contribution in [0.2, 0.25) is 0 Å². The van der Waals surface area contributed by atoms with Gasteiger partial charge in [0.05, 0.1) is 11.4 Å². The lowest BCUT2D eigenvalue weighted by Crippen LogP contribution is -2.26. The number of sulfonamides is 1. The van der Waals surface area contributed by atoms with Gasteiger partial charge < -0.3 is 4.52 Å². The average Bonchev–Trinajstić information content (AvgIpc) is 3.04. The highest BCUT2D eigenvalue weighted by Gasteiger charge is 2.23. The second-order valence-electron chi connectivity index (χ2n) is 5.96. The van der Waals surface area contributed by atoms with Gasteiger partial charge in [-0.3, -0.25) is 0 Å². The molecule has 1 heterocycles. The monoisotopic (exact) mass is 357 g/mol. The lowest BCUT2D eigenvalue weighted by atomic mass is 10.1. The molecule has 3 aromatic rings. The van der Waals surface area contributed by atoms with E-state index in [4.69, 9.17) is 4.52 Å². The van der Waals surface area contributed by atoms with E-state index in [2.05, 4.69) is 10.1 Å². The van der Waals surface area contributed by atoms with Crippen molar-refractivity contribution in [1.82, 2.24) is 14.4 Å². The minimum atomic E-state index is -3.61. The van der Waals surface area contributed by atoms with Crippen molar-refractivity contribution in [2.24, 2.45) is 0 Å². The van der Waals surface area contributed by atoms with E-state index in [-0.39, 0.29) is 17.3 Å². The van der Waals surface area contributed by atoms with Crippen LogP contribution < -0.4 is 0 Å². The summed E-state index contributed by atoms with van der Waals surface area (Å²) in [6.45, 7) is 3.90. The molecule has 6 nitrogen and oxygen atoms in total. The zero-order valence-electron chi connectivity index (χ0n) is 14.3. The van der Waals surface area contributed by atoms with Crippen LogP contribution in [0.4, 0.5) is 0 Å². The first kappa shape index (κ1) is 17.3. The molecule has 1 aromatic heterocycles. The van der Waals surface area contributed by atoms with Crippen molar-refractivity contribution in [2.75, 3.05) is 7.05 Å². The van der Waals surface area contributed by atoms with E-state index in [1.165, 1.54) is 11.4 Å². The van der Waals surface area contributed by atoms with Gasteiger partial charge in [-0.1, -0.05) is 46.6 Å². The van der Waals surface area contributed by atoms with E-state index >= 15 is 0 Å². The molecule has 0 aliphatic rings. The lowest BCUT2D eigenvalue weighted by Gasteiger charge is -2.15. The van der Waals surface area contributed by atoms with Gasteiger partial charge in [-0.2, -0.15) is 9.29 Å². The molecular weight excluding hydrogens is 338 g/mol. The summed E-state index contributed by atoms with van der Waals surface area (Å²) in [5.74, 6) is 0.689. The molecule has 0 atom stereocenters. The molecule has 0 fully saturated rings. The normalized spacial score (nSPS) is 11.8. The fraction of sp³-hybridized carbons (Fsp3) is 0.222. The van der Waals surface area contributed by atoms with Crippen molar-refractivity contribution < 1.29 is 12.9 Å². The molecule has 0 aliphatic heterocycles. The molecule has 25 heavy (non-hydrogen) atoms. The molecule has 0 radical (unpaired) electrons. The van der Waals surface area contributed by atoms with E-state index in [0.29, 0.717) is 5.82 Å². The number of hydrogen-bond donors (Lipinski definition) is 0. The summed E-state index contributed by atoms with van der Waals surface area (Å²) in [6, 6.07) is 14.4. The molecule has 0 unspecified atom stereocenters. The molecular formula is C18H19N3O3S. The van der Waals surface area contributed by atoms with Gasteiger partial charge in [0.1, 0.15) is 0 Å². The highest BCUT2D eigenvalue weighted by molar-refractivity contribution is 7.89. The Kier molecular flexibility index (Phi) is 4.69. The van der Waals surface area contributed by atoms with Crippen molar-refractivity contribution in [3.05, 3.63) is 65.5 Å². The van der Waals surface area contributed by atoms with Gasteiger partial charge in [0, 0.05) is 12.6 Å². The summed E-state index contributed by atoms with van der Waals surface area (Å²) in [6.07, 6.45) is 0. The summed E-state index contributed by atoms with van der Waals surface area (Å²) < 4.78 is 31.6. The molecule has 130 valence electrons. The van der Waals surface area contributed by atoms with E-state index in [1.807, 2.05) is 38.1 Å². The first-order chi connectivity index (χ1) is 11.9. The maximum Gasteiger partial charge on any atom is 0.243 e. The zero-order chi connectivity index (χ0) is 18.0. The standard InChI is InChI=1S/C18H19N3O3S/c1-13-7-9-16(10-8-13)25(22,23)21(3)12-17-19-18(20-24-17)15-6-4-5-14(2)11-15/h4-11H,12H2,1-3H3. The Morgan fingerprint density at radius 3 is 2.44 bits per heavy atom. The maximum absolute atomic E-state index is 12.6. The Bertz CT molecular complexity index is 979. The predicted molar refractivity (Wildman–Crippen MR) is 94.3 cm³/mol. The molecule has 0 aliphatic carbocycles. The van der Waals surface area contributed by atoms with Crippen LogP contribution in [-0.2, 0) is 16.6 Å². The summed E-state index contributed by atoms with van der Waals surface area (Å²) in [5, 5.41) is 3.94. The number of aryl methyl sites for hydroxylation is 2. The molecule has 0 N–H and O–H groups in total. The van der Waals surface area contributed by atoms with Gasteiger partial charge in [-0.25, -0.2) is 8.42 Å². The van der Waals surface area contributed by atoms with Crippen molar-refractivity contribution in [3.8, 4) is 11.4 Å². The third kappa shape index (κ3) is 3.78. The molecule has 0 bridgehead atoms. The van der Waals surface area contributed by atoms with Crippen molar-refractivity contribution in [2.45, 2.75) is 25.3 Å². The first-order valence-corrected chi connectivity index (χ1v) is 9.23. The number of benzene rings is 2. The Morgan fingerprint density at radius 1 is 1.04 bits per heavy atom. The third-order valence-corrected chi connectivity index (χ3v) is 5.65. The third-order valence-electron chi connectivity index (χ3n) is 3.83. The highest BCUT2D eigenvalue weighted by Crippen LogP contribution is 2.20. The van der Waals surface area contributed by atoms with Crippen molar-refractivity contribution >= 4 is 10.0 Å². The van der Waals surface area contributed by atoms with E-state index in [1.54, 1.807) is 24.3 Å². The minimum absolute atomic E-state index is 0.00895. The largest absolute Gasteiger partial charge is 0.338 e. The molecule has 0 saturated carbocycles. The van der Waals surface area contributed by atoms with Crippen LogP contribution >= 0.6 is 0 Å². The maximum atomic E-state index is 12.6. The Labute approximate surface area is 147 Å². The zero-order valence-corrected chi connectivity index (χ0v) is 15.1. The van der Waals surface area contributed by atoms with E-state index in [0.717, 1.165) is 16.7 Å². The first-order valence-electron chi connectivity index (χ1n) is 7.79. The molecule has 7 heteroatoms. The van der Waals surface area contributed by atoms with Crippen LogP contribution in [0.3, 0.4) is 0 Å². The Hall–Kier alpha value is -2.51. The highest BCUT2D eigenvalue weighted by atomic mass is 32.2. The minimum Gasteiger partial charge on any atom is -0.338 e. The summed E-state index contributed by atoms with van der Waals surface area (Å²) >= 11 is 0. The van der Waals surface area contributed by atoms with Gasteiger partial charge in [-0.15, -0.1) is 0 Å². The van der Waals surface area contributed by atoms with Gasteiger partial charge in [0.2, 0.25) is 21.7 Å². The number of rotatable bonds is 5. The van der Waals surface area contributed by atoms with Crippen molar-refractivity contribution in [1.29, 1.82) is 0 Å². The molecule has 0 saturated heterocycles. The van der Waals surface area contributed by atoms with Crippen molar-refractivity contribution in [3.63, 3.8) is 0 Å². The average molecular weight is 357 g/mol. The van der Waals surface area contributed by atoms with Gasteiger partial charge in [0.25, 0.3) is 0 Å². The fourth-order valence-corrected chi connectivity index (χ4v) is 3.51. The Morgan fingerprint density at radius 2 is 1.76 bits per heavy atom. The van der Waals surface area contributed by atoms with E-state index < -0.39 is 10.0 Å². The second kappa shape index (κ2) is 6.78. The van der Waals surface area contributed by atoms with Crippen LogP contribution in [0.25, 0.3) is 11.4 Å². The van der Waals surface area contributed by atoms with Crippen LogP contribution in [0, 0.1) is 13.8 Å². The Balaban J connectivity index is 1.79. The van der Waals surface area contributed by atoms with Gasteiger partial charge in [0.15, 0.2) is 0 Å². The van der Waals surface area contributed by atoms with Gasteiger partial charge >= 0.3 is 0 Å². The number of hydrogen-bond acceptors (Lipinski definition) is 5. The number of nitrogens with zero attached hydrogens (tertiary/aromatic N) is 3. The SMILES string of the molecule is Cc1ccc(S(=O)(=O)N(C)Cc2nc(-c3cccc(C)c3)no2)cc1. The molecule has 0 amide bonds. The second-order valence-corrected chi connectivity index (χ2v) is 8.00. The van der Waals surface area contributed by atoms with Crippen LogP contribution in [0.1, 0.15) is 17.0 Å². The lowest BCUT2D eigenvalue weighted by molar-refractivity contribution is 0.337.